The van der Waals surface area contributed by atoms with Crippen LogP contribution < -0.4 is 5.32 Å². The first-order chi connectivity index (χ1) is 16.7. The van der Waals surface area contributed by atoms with E-state index in [9.17, 15) is 18.0 Å². The van der Waals surface area contributed by atoms with Crippen molar-refractivity contribution < 1.29 is 32.6 Å². The first kappa shape index (κ1) is 26.4. The maximum absolute atomic E-state index is 12.7. The Morgan fingerprint density at radius 3 is 2.49 bits per heavy atom. The van der Waals surface area contributed by atoms with Gasteiger partial charge in [0.25, 0.3) is 0 Å². The van der Waals surface area contributed by atoms with Crippen LogP contribution in [0.1, 0.15) is 24.8 Å². The summed E-state index contributed by atoms with van der Waals surface area (Å²) in [5.41, 5.74) is 1.92. The molecule has 0 aliphatic carbocycles. The Hall–Kier alpha value is -3.18. The summed E-state index contributed by atoms with van der Waals surface area (Å²) < 4.78 is 38.0. The molecule has 2 fully saturated rings. The number of alkyl halides is 3. The molecule has 190 valence electrons. The van der Waals surface area contributed by atoms with Gasteiger partial charge in [0, 0.05) is 50.8 Å². The monoisotopic (exact) mass is 494 g/mol. The standard InChI is InChI=1S/C22H28N4O2.C2HF3O2/c27-21(24-20-7-2-1-3-8-20)26-12-5-9-22(10-13-26)18-25(14-15-28-22)17-19-6-4-11-23-16-19;3-2(4,5)1(6)7/h1-4,6-8,11,16H,5,9-10,12-15,17-18H2,(H,24,27);(H,6,7). The molecule has 1 spiro atoms. The second-order valence-corrected chi connectivity index (χ2v) is 8.54. The summed E-state index contributed by atoms with van der Waals surface area (Å²) in [7, 11) is 0. The predicted molar refractivity (Wildman–Crippen MR) is 123 cm³/mol. The SMILES string of the molecule is O=C(Nc1ccccc1)N1CCCC2(CC1)CN(Cc1cccnc1)CCO2.O=C(O)C(F)(F)F. The molecule has 1 unspecified atom stereocenters. The summed E-state index contributed by atoms with van der Waals surface area (Å²) in [5, 5.41) is 10.1. The molecule has 2 amide bonds. The lowest BCUT2D eigenvalue weighted by atomic mass is 9.92. The van der Waals surface area contributed by atoms with Gasteiger partial charge in [0.05, 0.1) is 12.2 Å². The fourth-order valence-electron chi connectivity index (χ4n) is 4.21. The number of carboxylic acid groups (broad SMARTS) is 1. The molecule has 2 aliphatic rings. The Morgan fingerprint density at radius 2 is 1.83 bits per heavy atom. The molecule has 0 bridgehead atoms. The van der Waals surface area contributed by atoms with Gasteiger partial charge in [-0.1, -0.05) is 24.3 Å². The summed E-state index contributed by atoms with van der Waals surface area (Å²) in [6, 6.07) is 13.7. The topological polar surface area (TPSA) is 95.0 Å². The van der Waals surface area contributed by atoms with Crippen molar-refractivity contribution in [3.05, 3.63) is 60.4 Å². The number of carbonyl (C=O) groups excluding carboxylic acids is 1. The van der Waals surface area contributed by atoms with Crippen molar-refractivity contribution in [1.29, 1.82) is 0 Å². The molecule has 11 heteroatoms. The highest BCUT2D eigenvalue weighted by atomic mass is 19.4. The molecule has 1 aromatic heterocycles. The van der Waals surface area contributed by atoms with Crippen molar-refractivity contribution in [3.8, 4) is 0 Å². The highest BCUT2D eigenvalue weighted by molar-refractivity contribution is 5.89. The van der Waals surface area contributed by atoms with Crippen LogP contribution in [0.15, 0.2) is 54.9 Å². The van der Waals surface area contributed by atoms with E-state index in [2.05, 4.69) is 21.3 Å². The van der Waals surface area contributed by atoms with Gasteiger partial charge in [0.1, 0.15) is 0 Å². The van der Waals surface area contributed by atoms with Gasteiger partial charge in [-0.15, -0.1) is 0 Å². The molecule has 2 aliphatic heterocycles. The van der Waals surface area contributed by atoms with Crippen molar-refractivity contribution in [2.45, 2.75) is 37.6 Å². The van der Waals surface area contributed by atoms with Crippen molar-refractivity contribution in [2.24, 2.45) is 0 Å². The van der Waals surface area contributed by atoms with Gasteiger partial charge in [-0.2, -0.15) is 13.2 Å². The van der Waals surface area contributed by atoms with Crippen molar-refractivity contribution in [3.63, 3.8) is 0 Å². The number of rotatable bonds is 3. The predicted octanol–water partition coefficient (Wildman–Crippen LogP) is 4.00. The minimum absolute atomic E-state index is 0.0220. The average molecular weight is 495 g/mol. The lowest BCUT2D eigenvalue weighted by molar-refractivity contribution is -0.192. The minimum Gasteiger partial charge on any atom is -0.475 e. The van der Waals surface area contributed by atoms with Gasteiger partial charge < -0.3 is 20.1 Å². The number of carboxylic acids is 1. The average Bonchev–Trinajstić information content (AvgIpc) is 3.03. The molecule has 2 N–H and O–H groups in total. The number of pyridine rings is 1. The zero-order valence-corrected chi connectivity index (χ0v) is 19.2. The zero-order chi connectivity index (χ0) is 25.3. The number of ether oxygens (including phenoxy) is 1. The fraction of sp³-hybridized carbons (Fsp3) is 0.458. The summed E-state index contributed by atoms with van der Waals surface area (Å²) in [6.45, 7) is 4.99. The largest absolute Gasteiger partial charge is 0.490 e. The number of para-hydroxylation sites is 1. The van der Waals surface area contributed by atoms with Gasteiger partial charge in [-0.25, -0.2) is 9.59 Å². The van der Waals surface area contributed by atoms with Crippen LogP contribution in [0.4, 0.5) is 23.7 Å². The smallest absolute Gasteiger partial charge is 0.475 e. The minimum atomic E-state index is -5.08. The van der Waals surface area contributed by atoms with Crippen molar-refractivity contribution >= 4 is 17.7 Å². The molecule has 1 atom stereocenters. The number of benzene rings is 1. The number of urea groups is 1. The van der Waals surface area contributed by atoms with E-state index in [0.29, 0.717) is 0 Å². The Balaban J connectivity index is 0.000000429. The van der Waals surface area contributed by atoms with Crippen LogP contribution in [-0.2, 0) is 16.1 Å². The number of hydrogen-bond acceptors (Lipinski definition) is 5. The lowest BCUT2D eigenvalue weighted by Crippen LogP contribution is -2.52. The van der Waals surface area contributed by atoms with Gasteiger partial charge in [-0.05, 0) is 43.0 Å². The maximum atomic E-state index is 12.7. The number of carbonyl (C=O) groups is 2. The molecule has 0 radical (unpaired) electrons. The molecular formula is C24H29F3N4O4. The molecule has 4 rings (SSSR count). The van der Waals surface area contributed by atoms with E-state index in [0.717, 1.165) is 64.3 Å². The van der Waals surface area contributed by atoms with Crippen LogP contribution in [0.3, 0.4) is 0 Å². The highest BCUT2D eigenvalue weighted by Gasteiger charge is 2.39. The third-order valence-electron chi connectivity index (χ3n) is 5.91. The van der Waals surface area contributed by atoms with Crippen LogP contribution in [0, 0.1) is 0 Å². The van der Waals surface area contributed by atoms with E-state index in [-0.39, 0.29) is 11.6 Å². The summed E-state index contributed by atoms with van der Waals surface area (Å²) in [6.07, 6.45) is 1.49. The molecule has 2 aromatic rings. The summed E-state index contributed by atoms with van der Waals surface area (Å²) >= 11 is 0. The van der Waals surface area contributed by atoms with Gasteiger partial charge >= 0.3 is 18.2 Å². The second kappa shape index (κ2) is 12.0. The van der Waals surface area contributed by atoms with Crippen molar-refractivity contribution in [1.82, 2.24) is 14.8 Å². The molecule has 0 saturated carbocycles. The lowest BCUT2D eigenvalue weighted by Gasteiger charge is -2.42. The molecule has 2 saturated heterocycles. The van der Waals surface area contributed by atoms with Crippen LogP contribution in [0.25, 0.3) is 0 Å². The van der Waals surface area contributed by atoms with E-state index in [1.165, 1.54) is 5.56 Å². The number of nitrogens with one attached hydrogen (secondary N) is 1. The number of halogens is 3. The molecular weight excluding hydrogens is 465 g/mol. The zero-order valence-electron chi connectivity index (χ0n) is 19.2. The molecule has 8 nitrogen and oxygen atoms in total. The first-order valence-corrected chi connectivity index (χ1v) is 11.3. The second-order valence-electron chi connectivity index (χ2n) is 8.54. The summed E-state index contributed by atoms with van der Waals surface area (Å²) in [5.74, 6) is -2.76. The van der Waals surface area contributed by atoms with Gasteiger partial charge in [0.15, 0.2) is 0 Å². The van der Waals surface area contributed by atoms with Crippen LogP contribution >= 0.6 is 0 Å². The third kappa shape index (κ3) is 8.22. The Morgan fingerprint density at radius 1 is 1.09 bits per heavy atom. The Kier molecular flexibility index (Phi) is 9.05. The van der Waals surface area contributed by atoms with Gasteiger partial charge in [-0.3, -0.25) is 9.88 Å². The number of likely N-dealkylation sites (tertiary alicyclic amines) is 1. The number of amides is 2. The molecule has 35 heavy (non-hydrogen) atoms. The third-order valence-corrected chi connectivity index (χ3v) is 5.91. The number of anilines is 1. The highest BCUT2D eigenvalue weighted by Crippen LogP contribution is 2.31. The van der Waals surface area contributed by atoms with Gasteiger partial charge in [0.2, 0.25) is 0 Å². The number of nitrogens with zero attached hydrogens (tertiary/aromatic N) is 3. The Labute approximate surface area is 201 Å². The van der Waals surface area contributed by atoms with E-state index in [1.54, 1.807) is 0 Å². The first-order valence-electron chi connectivity index (χ1n) is 11.3. The number of morpholine rings is 1. The molecule has 1 aromatic carbocycles. The van der Waals surface area contributed by atoms with E-state index in [4.69, 9.17) is 14.6 Å². The maximum Gasteiger partial charge on any atom is 0.490 e. The fourth-order valence-corrected chi connectivity index (χ4v) is 4.21. The van der Waals surface area contributed by atoms with Crippen LogP contribution in [0.5, 0.6) is 0 Å². The number of aliphatic carboxylic acids is 1. The summed E-state index contributed by atoms with van der Waals surface area (Å²) in [4.78, 5) is 30.2. The van der Waals surface area contributed by atoms with E-state index >= 15 is 0 Å². The number of aromatic nitrogens is 1. The number of hydrogen-bond donors (Lipinski definition) is 2. The van der Waals surface area contributed by atoms with E-state index in [1.807, 2.05) is 53.7 Å². The van der Waals surface area contributed by atoms with Crippen LogP contribution in [-0.4, -0.2) is 76.5 Å². The van der Waals surface area contributed by atoms with Crippen molar-refractivity contribution in [2.75, 3.05) is 38.1 Å². The van der Waals surface area contributed by atoms with Crippen LogP contribution in [0.2, 0.25) is 0 Å². The molecule has 3 heterocycles. The normalized spacial score (nSPS) is 20.9. The quantitative estimate of drug-likeness (QED) is 0.670. The Bertz CT molecular complexity index is 962. The van der Waals surface area contributed by atoms with E-state index < -0.39 is 12.1 Å².